The summed E-state index contributed by atoms with van der Waals surface area (Å²) >= 11 is 1.31. The van der Waals surface area contributed by atoms with E-state index < -0.39 is 17.8 Å². The van der Waals surface area contributed by atoms with E-state index >= 15 is 0 Å². The summed E-state index contributed by atoms with van der Waals surface area (Å²) in [4.78, 5) is 0. The molecule has 1 atom stereocenters. The van der Waals surface area contributed by atoms with E-state index in [0.29, 0.717) is 34.6 Å². The second-order valence-electron chi connectivity index (χ2n) is 6.29. The minimum absolute atomic E-state index is 0.329. The van der Waals surface area contributed by atoms with Crippen LogP contribution in [0.1, 0.15) is 36.9 Å². The van der Waals surface area contributed by atoms with Crippen LogP contribution in [0.5, 0.6) is 5.75 Å². The first-order valence-corrected chi connectivity index (χ1v) is 9.90. The van der Waals surface area contributed by atoms with Crippen molar-refractivity contribution in [1.82, 2.24) is 14.8 Å². The topological polar surface area (TPSA) is 39.9 Å². The average molecular weight is 425 g/mol. The second-order valence-corrected chi connectivity index (χ2v) is 7.23. The van der Waals surface area contributed by atoms with Crippen LogP contribution in [-0.2, 0) is 18.5 Å². The van der Waals surface area contributed by atoms with Crippen LogP contribution < -0.4 is 4.74 Å². The van der Waals surface area contributed by atoms with Crippen molar-refractivity contribution in [3.05, 3.63) is 71.3 Å². The van der Waals surface area contributed by atoms with Crippen molar-refractivity contribution in [2.24, 2.45) is 0 Å². The van der Waals surface area contributed by atoms with Crippen molar-refractivity contribution >= 4 is 11.8 Å². The first kappa shape index (κ1) is 21.2. The minimum atomic E-state index is -4.37. The maximum Gasteiger partial charge on any atom is 0.416 e. The Morgan fingerprint density at radius 2 is 1.83 bits per heavy atom. The minimum Gasteiger partial charge on any atom is -0.483 e. The number of nitrogens with zero attached hydrogens (tertiary/aromatic N) is 3. The smallest absolute Gasteiger partial charge is 0.416 e. The van der Waals surface area contributed by atoms with E-state index in [-0.39, 0.29) is 5.82 Å². The van der Waals surface area contributed by atoms with Crippen LogP contribution in [0.4, 0.5) is 17.6 Å². The number of rotatable bonds is 7. The number of aromatic nitrogens is 3. The van der Waals surface area contributed by atoms with Gasteiger partial charge in [0, 0.05) is 12.3 Å². The third-order valence-corrected chi connectivity index (χ3v) is 5.21. The first-order chi connectivity index (χ1) is 13.8. The molecular weight excluding hydrogens is 406 g/mol. The van der Waals surface area contributed by atoms with Gasteiger partial charge >= 0.3 is 6.18 Å². The quantitative estimate of drug-likeness (QED) is 0.350. The lowest BCUT2D eigenvalue weighted by molar-refractivity contribution is -0.137. The lowest BCUT2D eigenvalue weighted by Crippen LogP contribution is -2.12. The van der Waals surface area contributed by atoms with Crippen molar-refractivity contribution in [2.75, 3.05) is 0 Å². The van der Waals surface area contributed by atoms with Crippen LogP contribution in [0, 0.1) is 5.82 Å². The molecule has 0 aliphatic rings. The maximum absolute atomic E-state index is 13.0. The number of hydrogen-bond donors (Lipinski definition) is 0. The van der Waals surface area contributed by atoms with Gasteiger partial charge in [-0.3, -0.25) is 0 Å². The molecule has 0 fully saturated rings. The normalized spacial score (nSPS) is 12.8. The molecule has 0 aliphatic carbocycles. The summed E-state index contributed by atoms with van der Waals surface area (Å²) in [5.41, 5.74) is -0.123. The molecule has 0 N–H and O–H groups in total. The second kappa shape index (κ2) is 8.86. The molecule has 0 spiro atoms. The van der Waals surface area contributed by atoms with E-state index in [1.807, 2.05) is 11.5 Å². The molecule has 0 saturated carbocycles. The van der Waals surface area contributed by atoms with Gasteiger partial charge in [-0.1, -0.05) is 30.0 Å². The van der Waals surface area contributed by atoms with E-state index in [1.54, 1.807) is 13.0 Å². The number of benzene rings is 2. The Morgan fingerprint density at radius 1 is 1.10 bits per heavy atom. The van der Waals surface area contributed by atoms with Gasteiger partial charge in [0.2, 0.25) is 0 Å². The third-order valence-electron chi connectivity index (χ3n) is 4.17. The van der Waals surface area contributed by atoms with Crippen LogP contribution in [0.3, 0.4) is 0 Å². The molecule has 9 heteroatoms. The summed E-state index contributed by atoms with van der Waals surface area (Å²) in [5.74, 6) is 1.07. The summed E-state index contributed by atoms with van der Waals surface area (Å²) in [6.07, 6.45) is -4.81. The lowest BCUT2D eigenvalue weighted by Gasteiger charge is -2.15. The predicted molar refractivity (Wildman–Crippen MR) is 102 cm³/mol. The van der Waals surface area contributed by atoms with Gasteiger partial charge in [0.05, 0.1) is 5.56 Å². The van der Waals surface area contributed by atoms with E-state index in [0.717, 1.165) is 12.1 Å². The van der Waals surface area contributed by atoms with E-state index in [4.69, 9.17) is 4.74 Å². The van der Waals surface area contributed by atoms with Crippen molar-refractivity contribution in [3.8, 4) is 5.75 Å². The zero-order valence-corrected chi connectivity index (χ0v) is 16.6. The van der Waals surface area contributed by atoms with Crippen LogP contribution in [0.15, 0.2) is 53.7 Å². The molecule has 154 valence electrons. The summed E-state index contributed by atoms with van der Waals surface area (Å²) in [5, 5.41) is 8.94. The predicted octanol–water partition coefficient (Wildman–Crippen LogP) is 5.89. The lowest BCUT2D eigenvalue weighted by atomic mass is 10.1. The van der Waals surface area contributed by atoms with E-state index in [2.05, 4.69) is 10.2 Å². The monoisotopic (exact) mass is 425 g/mol. The Kier molecular flexibility index (Phi) is 6.46. The zero-order valence-electron chi connectivity index (χ0n) is 15.8. The average Bonchev–Trinajstić information content (AvgIpc) is 3.11. The molecule has 1 unspecified atom stereocenters. The molecule has 3 aromatic rings. The molecule has 0 radical (unpaired) electrons. The Bertz CT molecular complexity index is 957. The Hall–Kier alpha value is -2.55. The van der Waals surface area contributed by atoms with E-state index in [9.17, 15) is 17.6 Å². The van der Waals surface area contributed by atoms with Gasteiger partial charge in [0.15, 0.2) is 17.1 Å². The third kappa shape index (κ3) is 5.29. The number of alkyl halides is 3. The number of thioether (sulfide) groups is 1. The highest BCUT2D eigenvalue weighted by Crippen LogP contribution is 2.31. The van der Waals surface area contributed by atoms with Gasteiger partial charge in [-0.25, -0.2) is 4.39 Å². The van der Waals surface area contributed by atoms with Gasteiger partial charge in [-0.2, -0.15) is 13.2 Å². The maximum atomic E-state index is 13.0. The summed E-state index contributed by atoms with van der Waals surface area (Å²) in [6, 6.07) is 10.9. The number of hydrogen-bond acceptors (Lipinski definition) is 4. The molecule has 0 saturated heterocycles. The summed E-state index contributed by atoms with van der Waals surface area (Å²) in [6.45, 7) is 4.30. The van der Waals surface area contributed by atoms with Gasteiger partial charge in [0.25, 0.3) is 0 Å². The largest absolute Gasteiger partial charge is 0.483 e. The number of halogens is 4. The molecule has 2 aromatic carbocycles. The van der Waals surface area contributed by atoms with E-state index in [1.165, 1.54) is 42.1 Å². The molecule has 0 bridgehead atoms. The van der Waals surface area contributed by atoms with Gasteiger partial charge in [-0.15, -0.1) is 10.2 Å². The Labute approximate surface area is 169 Å². The van der Waals surface area contributed by atoms with Crippen LogP contribution in [-0.4, -0.2) is 14.8 Å². The Morgan fingerprint density at radius 3 is 2.48 bits per heavy atom. The fourth-order valence-corrected chi connectivity index (χ4v) is 3.71. The standard InChI is InChI=1S/C20H19F4N3OS/c1-3-27-18(13(2)28-17-9-7-16(21)8-10-17)25-26-19(27)29-12-14-5-4-6-15(11-14)20(22,23)24/h4-11,13H,3,12H2,1-2H3. The first-order valence-electron chi connectivity index (χ1n) is 8.92. The molecule has 0 aliphatic heterocycles. The van der Waals surface area contributed by atoms with Crippen molar-refractivity contribution < 1.29 is 22.3 Å². The fourth-order valence-electron chi connectivity index (χ4n) is 2.76. The molecule has 29 heavy (non-hydrogen) atoms. The molecule has 4 nitrogen and oxygen atoms in total. The van der Waals surface area contributed by atoms with Gasteiger partial charge in [0.1, 0.15) is 11.6 Å². The fraction of sp³-hybridized carbons (Fsp3) is 0.300. The number of ether oxygens (including phenoxy) is 1. The Balaban J connectivity index is 1.71. The molecule has 1 heterocycles. The highest BCUT2D eigenvalue weighted by atomic mass is 32.2. The zero-order chi connectivity index (χ0) is 21.0. The van der Waals surface area contributed by atoms with Crippen molar-refractivity contribution in [1.29, 1.82) is 0 Å². The highest BCUT2D eigenvalue weighted by Gasteiger charge is 2.30. The molecular formula is C20H19F4N3OS. The summed E-state index contributed by atoms with van der Waals surface area (Å²) in [7, 11) is 0. The van der Waals surface area contributed by atoms with Crippen molar-refractivity contribution in [2.45, 2.75) is 43.6 Å². The van der Waals surface area contributed by atoms with Gasteiger partial charge in [-0.05, 0) is 49.7 Å². The van der Waals surface area contributed by atoms with Crippen molar-refractivity contribution in [3.63, 3.8) is 0 Å². The van der Waals surface area contributed by atoms with Crippen LogP contribution >= 0.6 is 11.8 Å². The van der Waals surface area contributed by atoms with Crippen LogP contribution in [0.2, 0.25) is 0 Å². The highest BCUT2D eigenvalue weighted by molar-refractivity contribution is 7.98. The summed E-state index contributed by atoms with van der Waals surface area (Å²) < 4.78 is 59.3. The SMILES string of the molecule is CCn1c(SCc2cccc(C(F)(F)F)c2)nnc1C(C)Oc1ccc(F)cc1. The van der Waals surface area contributed by atoms with Crippen LogP contribution in [0.25, 0.3) is 0 Å². The molecule has 3 rings (SSSR count). The molecule has 1 aromatic heterocycles. The van der Waals surface area contributed by atoms with Gasteiger partial charge < -0.3 is 9.30 Å². The molecule has 0 amide bonds.